The van der Waals surface area contributed by atoms with Crippen LogP contribution in [-0.4, -0.2) is 33.0 Å². The van der Waals surface area contributed by atoms with E-state index in [1.54, 1.807) is 0 Å². The van der Waals surface area contributed by atoms with E-state index < -0.39 is 27.3 Å². The molecular formula is C10H8O5S. The van der Waals surface area contributed by atoms with Gasteiger partial charge in [0, 0.05) is 5.56 Å². The number of fused-ring (bicyclic) bond motifs is 1. The molecule has 0 N–H and O–H groups in total. The molecule has 84 valence electrons. The van der Waals surface area contributed by atoms with Crippen LogP contribution < -0.4 is 0 Å². The molecule has 0 aromatic heterocycles. The molecule has 0 radical (unpaired) electrons. The number of sulfone groups is 1. The monoisotopic (exact) mass is 240 g/mol. The number of methoxy groups -OCH3 is 1. The van der Waals surface area contributed by atoms with Gasteiger partial charge >= 0.3 is 5.97 Å². The molecule has 1 aliphatic heterocycles. The highest BCUT2D eigenvalue weighted by molar-refractivity contribution is 7.92. The fourth-order valence-electron chi connectivity index (χ4n) is 1.59. The number of Topliss-reactive ketones (excluding diaryl/α,β-unsaturated/α-hetero) is 1. The molecular weight excluding hydrogens is 232 g/mol. The van der Waals surface area contributed by atoms with Gasteiger partial charge in [0.15, 0.2) is 15.6 Å². The molecule has 0 spiro atoms. The summed E-state index contributed by atoms with van der Waals surface area (Å²) in [6.07, 6.45) is 0. The summed E-state index contributed by atoms with van der Waals surface area (Å²) < 4.78 is 27.4. The number of hydrogen-bond acceptors (Lipinski definition) is 5. The third-order valence-corrected chi connectivity index (χ3v) is 4.03. The van der Waals surface area contributed by atoms with Gasteiger partial charge in [-0.2, -0.15) is 0 Å². The van der Waals surface area contributed by atoms with Crippen LogP contribution in [0.15, 0.2) is 23.1 Å². The zero-order chi connectivity index (χ0) is 11.9. The molecule has 0 unspecified atom stereocenters. The third kappa shape index (κ3) is 1.51. The van der Waals surface area contributed by atoms with Gasteiger partial charge in [0.1, 0.15) is 5.75 Å². The topological polar surface area (TPSA) is 77.5 Å². The van der Waals surface area contributed by atoms with Crippen molar-refractivity contribution in [2.45, 2.75) is 4.90 Å². The summed E-state index contributed by atoms with van der Waals surface area (Å²) in [6.45, 7) is 0. The molecule has 2 rings (SSSR count). The van der Waals surface area contributed by atoms with Crippen molar-refractivity contribution in [3.05, 3.63) is 29.3 Å². The first-order valence-electron chi connectivity index (χ1n) is 4.44. The van der Waals surface area contributed by atoms with E-state index in [4.69, 9.17) is 0 Å². The first kappa shape index (κ1) is 10.8. The van der Waals surface area contributed by atoms with Crippen LogP contribution in [0.1, 0.15) is 20.7 Å². The number of benzene rings is 1. The number of ether oxygens (including phenoxy) is 1. The average Bonchev–Trinajstić information content (AvgIpc) is 2.48. The van der Waals surface area contributed by atoms with Crippen LogP contribution in [0.4, 0.5) is 0 Å². The summed E-state index contributed by atoms with van der Waals surface area (Å²) in [5.41, 5.74) is 0.245. The maximum absolute atomic E-state index is 11.5. The van der Waals surface area contributed by atoms with E-state index >= 15 is 0 Å². The Morgan fingerprint density at radius 2 is 2.06 bits per heavy atom. The second-order valence-corrected chi connectivity index (χ2v) is 5.34. The second-order valence-electron chi connectivity index (χ2n) is 3.38. The average molecular weight is 240 g/mol. The molecule has 6 heteroatoms. The molecule has 0 fully saturated rings. The summed E-state index contributed by atoms with van der Waals surface area (Å²) >= 11 is 0. The molecule has 0 aliphatic carbocycles. The summed E-state index contributed by atoms with van der Waals surface area (Å²) in [4.78, 5) is 22.6. The minimum Gasteiger partial charge on any atom is -0.465 e. The zero-order valence-electron chi connectivity index (χ0n) is 8.39. The predicted molar refractivity (Wildman–Crippen MR) is 54.2 cm³/mol. The Balaban J connectivity index is 2.62. The standard InChI is InChI=1S/C10H8O5S/c1-15-10(12)6-2-3-9-7(4-6)8(11)5-16(9,13)14/h2-4H,5H2,1H3. The number of rotatable bonds is 1. The quantitative estimate of drug-likeness (QED) is 0.666. The van der Waals surface area contributed by atoms with Crippen molar-refractivity contribution < 1.29 is 22.7 Å². The van der Waals surface area contributed by atoms with Crippen LogP contribution in [0.25, 0.3) is 0 Å². The fourth-order valence-corrected chi connectivity index (χ4v) is 3.03. The van der Waals surface area contributed by atoms with Crippen LogP contribution in [0, 0.1) is 0 Å². The van der Waals surface area contributed by atoms with Gasteiger partial charge in [0.05, 0.1) is 17.6 Å². The molecule has 0 atom stereocenters. The summed E-state index contributed by atoms with van der Waals surface area (Å²) in [7, 11) is -2.29. The zero-order valence-corrected chi connectivity index (χ0v) is 9.21. The van der Waals surface area contributed by atoms with E-state index in [0.29, 0.717) is 0 Å². The van der Waals surface area contributed by atoms with E-state index in [2.05, 4.69) is 4.74 Å². The molecule has 1 aromatic rings. The molecule has 5 nitrogen and oxygen atoms in total. The van der Waals surface area contributed by atoms with Gasteiger partial charge in [0.25, 0.3) is 0 Å². The van der Waals surface area contributed by atoms with Crippen molar-refractivity contribution in [3.63, 3.8) is 0 Å². The Bertz CT molecular complexity index is 585. The molecule has 0 amide bonds. The molecule has 1 heterocycles. The van der Waals surface area contributed by atoms with E-state index in [-0.39, 0.29) is 16.0 Å². The van der Waals surface area contributed by atoms with Crippen LogP contribution >= 0.6 is 0 Å². The lowest BCUT2D eigenvalue weighted by Crippen LogP contribution is -2.03. The summed E-state index contributed by atoms with van der Waals surface area (Å²) in [5.74, 6) is -1.60. The Hall–Kier alpha value is -1.69. The van der Waals surface area contributed by atoms with Crippen molar-refractivity contribution in [1.29, 1.82) is 0 Å². The van der Waals surface area contributed by atoms with Crippen LogP contribution in [0.3, 0.4) is 0 Å². The van der Waals surface area contributed by atoms with E-state index in [0.717, 1.165) is 0 Å². The number of esters is 1. The lowest BCUT2D eigenvalue weighted by atomic mass is 10.1. The normalized spacial score (nSPS) is 16.9. The Labute approximate surface area is 91.9 Å². The minimum atomic E-state index is -3.51. The van der Waals surface area contributed by atoms with Gasteiger partial charge in [-0.1, -0.05) is 0 Å². The molecule has 0 bridgehead atoms. The van der Waals surface area contributed by atoms with E-state index in [1.165, 1.54) is 25.3 Å². The highest BCUT2D eigenvalue weighted by Crippen LogP contribution is 2.26. The number of carbonyl (C=O) groups is 2. The maximum atomic E-state index is 11.5. The van der Waals surface area contributed by atoms with Gasteiger partial charge in [-0.25, -0.2) is 13.2 Å². The first-order chi connectivity index (χ1) is 7.45. The van der Waals surface area contributed by atoms with Crippen molar-refractivity contribution in [2.24, 2.45) is 0 Å². The van der Waals surface area contributed by atoms with Gasteiger partial charge < -0.3 is 4.74 Å². The molecule has 16 heavy (non-hydrogen) atoms. The number of ketones is 1. The van der Waals surface area contributed by atoms with E-state index in [1.807, 2.05) is 0 Å². The highest BCUT2D eigenvalue weighted by atomic mass is 32.2. The van der Waals surface area contributed by atoms with Gasteiger partial charge in [0.2, 0.25) is 0 Å². The first-order valence-corrected chi connectivity index (χ1v) is 6.09. The lowest BCUT2D eigenvalue weighted by molar-refractivity contribution is 0.0600. The second kappa shape index (κ2) is 3.41. The SMILES string of the molecule is COC(=O)c1ccc2c(c1)C(=O)CS2(=O)=O. The molecule has 0 saturated heterocycles. The molecule has 1 aliphatic rings. The lowest BCUT2D eigenvalue weighted by Gasteiger charge is -2.01. The van der Waals surface area contributed by atoms with Crippen LogP contribution in [0.5, 0.6) is 0 Å². The number of hydrogen-bond donors (Lipinski definition) is 0. The van der Waals surface area contributed by atoms with Crippen molar-refractivity contribution in [2.75, 3.05) is 12.9 Å². The largest absolute Gasteiger partial charge is 0.465 e. The van der Waals surface area contributed by atoms with Gasteiger partial charge in [-0.15, -0.1) is 0 Å². The van der Waals surface area contributed by atoms with Crippen molar-refractivity contribution in [1.82, 2.24) is 0 Å². The van der Waals surface area contributed by atoms with Crippen LogP contribution in [-0.2, 0) is 14.6 Å². The Kier molecular flexibility index (Phi) is 2.31. The highest BCUT2D eigenvalue weighted by Gasteiger charge is 2.33. The van der Waals surface area contributed by atoms with Crippen molar-refractivity contribution >= 4 is 21.6 Å². The fraction of sp³-hybridized carbons (Fsp3) is 0.200. The minimum absolute atomic E-state index is 0.00912. The van der Waals surface area contributed by atoms with Gasteiger partial charge in [-0.05, 0) is 18.2 Å². The summed E-state index contributed by atoms with van der Waals surface area (Å²) in [5, 5.41) is 0. The number of carbonyl (C=O) groups excluding carboxylic acids is 2. The van der Waals surface area contributed by atoms with E-state index in [9.17, 15) is 18.0 Å². The smallest absolute Gasteiger partial charge is 0.337 e. The maximum Gasteiger partial charge on any atom is 0.337 e. The Morgan fingerprint density at radius 3 is 2.69 bits per heavy atom. The predicted octanol–water partition coefficient (Wildman–Crippen LogP) is 0.443. The summed E-state index contributed by atoms with van der Waals surface area (Å²) in [6, 6.07) is 3.86. The Morgan fingerprint density at radius 1 is 1.38 bits per heavy atom. The molecule has 1 aromatic carbocycles. The van der Waals surface area contributed by atoms with Gasteiger partial charge in [-0.3, -0.25) is 4.79 Å². The third-order valence-electron chi connectivity index (χ3n) is 2.36. The molecule has 0 saturated carbocycles. The van der Waals surface area contributed by atoms with Crippen molar-refractivity contribution in [3.8, 4) is 0 Å². The van der Waals surface area contributed by atoms with Crippen LogP contribution in [0.2, 0.25) is 0 Å².